The van der Waals surface area contributed by atoms with E-state index < -0.39 is 16.1 Å². The van der Waals surface area contributed by atoms with Crippen molar-refractivity contribution in [3.8, 4) is 5.75 Å². The van der Waals surface area contributed by atoms with E-state index in [4.69, 9.17) is 4.74 Å². The standard InChI is InChI=1S/C27H30N2O4S/c1-17-10-12-22(13-11-17)34(31,32)29-16-26(33-25-9-7-6-8-24(25)29)27(30)28-21(5)23-15-19(3)18(2)14-20(23)4/h6-15,21,26H,16H2,1-5H3,(H,28,30). The molecule has 2 unspecified atom stereocenters. The molecule has 1 aliphatic heterocycles. The highest BCUT2D eigenvalue weighted by Crippen LogP contribution is 2.37. The highest BCUT2D eigenvalue weighted by molar-refractivity contribution is 7.92. The van der Waals surface area contributed by atoms with Gasteiger partial charge in [-0.3, -0.25) is 9.10 Å². The third kappa shape index (κ3) is 4.53. The molecule has 178 valence electrons. The van der Waals surface area contributed by atoms with Gasteiger partial charge in [0.2, 0.25) is 0 Å². The molecule has 0 saturated heterocycles. The second-order valence-electron chi connectivity index (χ2n) is 8.95. The molecule has 1 N–H and O–H groups in total. The molecule has 2 atom stereocenters. The number of carbonyl (C=O) groups excluding carboxylic acids is 1. The van der Waals surface area contributed by atoms with Crippen molar-refractivity contribution in [3.63, 3.8) is 0 Å². The molecule has 0 aliphatic carbocycles. The minimum atomic E-state index is -3.88. The first-order valence-electron chi connectivity index (χ1n) is 11.3. The quantitative estimate of drug-likeness (QED) is 0.574. The summed E-state index contributed by atoms with van der Waals surface area (Å²) < 4.78 is 34.3. The van der Waals surface area contributed by atoms with Crippen LogP contribution in [-0.2, 0) is 14.8 Å². The summed E-state index contributed by atoms with van der Waals surface area (Å²) in [6, 6.07) is 17.5. The van der Waals surface area contributed by atoms with Gasteiger partial charge in [-0.1, -0.05) is 42.0 Å². The molecular formula is C27H30N2O4S. The number of hydrogen-bond acceptors (Lipinski definition) is 4. The van der Waals surface area contributed by atoms with Gasteiger partial charge in [0.25, 0.3) is 15.9 Å². The van der Waals surface area contributed by atoms with Crippen LogP contribution >= 0.6 is 0 Å². The van der Waals surface area contributed by atoms with Gasteiger partial charge in [-0.2, -0.15) is 0 Å². The lowest BCUT2D eigenvalue weighted by atomic mass is 9.96. The van der Waals surface area contributed by atoms with E-state index in [9.17, 15) is 13.2 Å². The highest BCUT2D eigenvalue weighted by Gasteiger charge is 2.37. The molecule has 1 heterocycles. The number of fused-ring (bicyclic) bond motifs is 1. The van der Waals surface area contributed by atoms with Gasteiger partial charge in [-0.15, -0.1) is 0 Å². The Hall–Kier alpha value is -3.32. The molecule has 0 aromatic heterocycles. The Morgan fingerprint density at radius 2 is 1.62 bits per heavy atom. The Balaban J connectivity index is 1.62. The van der Waals surface area contributed by atoms with Crippen LogP contribution in [0.3, 0.4) is 0 Å². The summed E-state index contributed by atoms with van der Waals surface area (Å²) in [5.41, 5.74) is 5.86. The summed E-state index contributed by atoms with van der Waals surface area (Å²) in [6.07, 6.45) is -0.982. The third-order valence-corrected chi connectivity index (χ3v) is 8.14. The fourth-order valence-corrected chi connectivity index (χ4v) is 5.71. The smallest absolute Gasteiger partial charge is 0.264 e. The first kappa shape index (κ1) is 23.8. The first-order valence-corrected chi connectivity index (χ1v) is 12.7. The maximum atomic E-state index is 13.5. The van der Waals surface area contributed by atoms with Crippen LogP contribution in [0.5, 0.6) is 5.75 Å². The highest BCUT2D eigenvalue weighted by atomic mass is 32.2. The average Bonchev–Trinajstić information content (AvgIpc) is 2.80. The Labute approximate surface area is 201 Å². The van der Waals surface area contributed by atoms with Crippen molar-refractivity contribution in [1.82, 2.24) is 5.32 Å². The minimum Gasteiger partial charge on any atom is -0.476 e. The summed E-state index contributed by atoms with van der Waals surface area (Å²) in [5, 5.41) is 3.02. The van der Waals surface area contributed by atoms with Crippen molar-refractivity contribution in [1.29, 1.82) is 0 Å². The molecule has 3 aromatic rings. The number of hydrogen-bond donors (Lipinski definition) is 1. The number of nitrogens with zero attached hydrogens (tertiary/aromatic N) is 1. The van der Waals surface area contributed by atoms with E-state index in [2.05, 4.69) is 24.4 Å². The van der Waals surface area contributed by atoms with Gasteiger partial charge in [0.15, 0.2) is 6.10 Å². The van der Waals surface area contributed by atoms with Gasteiger partial charge >= 0.3 is 0 Å². The Morgan fingerprint density at radius 3 is 2.32 bits per heavy atom. The number of anilines is 1. The Morgan fingerprint density at radius 1 is 0.971 bits per heavy atom. The van der Waals surface area contributed by atoms with Crippen LogP contribution in [0.1, 0.15) is 40.8 Å². The van der Waals surface area contributed by atoms with E-state index in [-0.39, 0.29) is 23.4 Å². The summed E-state index contributed by atoms with van der Waals surface area (Å²) in [4.78, 5) is 13.4. The van der Waals surface area contributed by atoms with Gasteiger partial charge in [-0.25, -0.2) is 8.42 Å². The Bertz CT molecular complexity index is 1330. The zero-order valence-corrected chi connectivity index (χ0v) is 20.9. The van der Waals surface area contributed by atoms with Crippen molar-refractivity contribution in [2.45, 2.75) is 51.7 Å². The van der Waals surface area contributed by atoms with E-state index in [1.54, 1.807) is 48.5 Å². The normalized spacial score (nSPS) is 16.4. The van der Waals surface area contributed by atoms with Crippen molar-refractivity contribution in [3.05, 3.63) is 88.5 Å². The molecule has 0 spiro atoms. The van der Waals surface area contributed by atoms with Crippen LogP contribution < -0.4 is 14.4 Å². The van der Waals surface area contributed by atoms with E-state index in [1.807, 2.05) is 27.7 Å². The van der Waals surface area contributed by atoms with E-state index in [1.165, 1.54) is 9.87 Å². The predicted octanol–water partition coefficient (Wildman–Crippen LogP) is 4.75. The third-order valence-electron chi connectivity index (χ3n) is 6.34. The number of sulfonamides is 1. The first-order chi connectivity index (χ1) is 16.1. The zero-order valence-electron chi connectivity index (χ0n) is 20.1. The molecule has 1 aliphatic rings. The van der Waals surface area contributed by atoms with E-state index in [0.717, 1.165) is 22.3 Å². The van der Waals surface area contributed by atoms with Crippen LogP contribution in [-0.4, -0.2) is 27.0 Å². The molecule has 3 aromatic carbocycles. The van der Waals surface area contributed by atoms with E-state index in [0.29, 0.717) is 11.4 Å². The summed E-state index contributed by atoms with van der Waals surface area (Å²) in [6.45, 7) is 9.84. The number of nitrogens with one attached hydrogen (secondary N) is 1. The molecule has 34 heavy (non-hydrogen) atoms. The van der Waals surface area contributed by atoms with Crippen molar-refractivity contribution in [2.75, 3.05) is 10.8 Å². The fourth-order valence-electron chi connectivity index (χ4n) is 4.24. The van der Waals surface area contributed by atoms with E-state index >= 15 is 0 Å². The topological polar surface area (TPSA) is 75.7 Å². The number of ether oxygens (including phenoxy) is 1. The van der Waals surface area contributed by atoms with Crippen LogP contribution in [0.25, 0.3) is 0 Å². The second-order valence-corrected chi connectivity index (χ2v) is 10.8. The molecule has 7 heteroatoms. The lowest BCUT2D eigenvalue weighted by Crippen LogP contribution is -2.51. The van der Waals surface area contributed by atoms with Gasteiger partial charge in [0.05, 0.1) is 23.2 Å². The number of amides is 1. The van der Waals surface area contributed by atoms with Crippen LogP contribution in [0.2, 0.25) is 0 Å². The number of benzene rings is 3. The molecular weight excluding hydrogens is 448 g/mol. The van der Waals surface area contributed by atoms with Crippen LogP contribution in [0.15, 0.2) is 65.6 Å². The maximum absolute atomic E-state index is 13.5. The number of para-hydroxylation sites is 2. The fraction of sp³-hybridized carbons (Fsp3) is 0.296. The summed E-state index contributed by atoms with van der Waals surface area (Å²) in [7, 11) is -3.88. The minimum absolute atomic E-state index is 0.113. The van der Waals surface area contributed by atoms with Crippen molar-refractivity contribution >= 4 is 21.6 Å². The lowest BCUT2D eigenvalue weighted by Gasteiger charge is -2.35. The van der Waals surface area contributed by atoms with Gasteiger partial charge in [0.1, 0.15) is 5.75 Å². The SMILES string of the molecule is Cc1ccc(S(=O)(=O)N2CC(C(=O)NC(C)c3cc(C)c(C)cc3C)Oc3ccccc32)cc1. The zero-order chi connectivity index (χ0) is 24.6. The van der Waals surface area contributed by atoms with Gasteiger partial charge < -0.3 is 10.1 Å². The maximum Gasteiger partial charge on any atom is 0.264 e. The summed E-state index contributed by atoms with van der Waals surface area (Å²) >= 11 is 0. The molecule has 0 saturated carbocycles. The number of rotatable bonds is 5. The van der Waals surface area contributed by atoms with Crippen LogP contribution in [0.4, 0.5) is 5.69 Å². The van der Waals surface area contributed by atoms with Crippen LogP contribution in [0, 0.1) is 27.7 Å². The molecule has 0 radical (unpaired) electrons. The van der Waals surface area contributed by atoms with Crippen molar-refractivity contribution < 1.29 is 17.9 Å². The second kappa shape index (κ2) is 9.14. The molecule has 1 amide bonds. The molecule has 0 fully saturated rings. The van der Waals surface area contributed by atoms with Gasteiger partial charge in [-0.05, 0) is 81.1 Å². The predicted molar refractivity (Wildman–Crippen MR) is 134 cm³/mol. The lowest BCUT2D eigenvalue weighted by molar-refractivity contribution is -0.128. The molecule has 4 rings (SSSR count). The average molecular weight is 479 g/mol. The Kier molecular flexibility index (Phi) is 6.41. The monoisotopic (exact) mass is 478 g/mol. The molecule has 6 nitrogen and oxygen atoms in total. The molecule has 0 bridgehead atoms. The number of carbonyl (C=O) groups is 1. The number of aryl methyl sites for hydroxylation is 4. The van der Waals surface area contributed by atoms with Crippen molar-refractivity contribution in [2.24, 2.45) is 0 Å². The summed E-state index contributed by atoms with van der Waals surface area (Å²) in [5.74, 6) is 0.00309. The largest absolute Gasteiger partial charge is 0.476 e. The van der Waals surface area contributed by atoms with Gasteiger partial charge in [0, 0.05) is 0 Å².